The van der Waals surface area contributed by atoms with Gasteiger partial charge in [-0.1, -0.05) is 0 Å². The highest BCUT2D eigenvalue weighted by molar-refractivity contribution is 5.75. The number of ketones is 1. The van der Waals surface area contributed by atoms with Gasteiger partial charge in [0.05, 0.1) is 0 Å². The first-order valence-electron chi connectivity index (χ1n) is 5.49. The van der Waals surface area contributed by atoms with Gasteiger partial charge in [0, 0.05) is 17.5 Å². The molecule has 1 aliphatic heterocycles. The molecule has 82 valence electrons. The lowest BCUT2D eigenvalue weighted by molar-refractivity contribution is -0.118. The van der Waals surface area contributed by atoms with E-state index in [4.69, 9.17) is 0 Å². The monoisotopic (exact) mass is 197 g/mol. The fourth-order valence-corrected chi connectivity index (χ4v) is 3.08. The highest BCUT2D eigenvalue weighted by atomic mass is 16.1. The molecule has 1 rings (SSSR count). The summed E-state index contributed by atoms with van der Waals surface area (Å²) in [4.78, 5) is 11.1. The number of hydrogen-bond donors (Lipinski definition) is 1. The topological polar surface area (TPSA) is 29.1 Å². The largest absolute Gasteiger partial charge is 0.307 e. The van der Waals surface area contributed by atoms with Gasteiger partial charge in [0.15, 0.2) is 0 Å². The normalized spacial score (nSPS) is 26.1. The lowest BCUT2D eigenvalue weighted by Crippen LogP contribution is -2.57. The van der Waals surface area contributed by atoms with Crippen molar-refractivity contribution in [1.82, 2.24) is 5.32 Å². The SMILES string of the molecule is CC(=O)CC1CC(C)(C)NC(C)(C)C1. The lowest BCUT2D eigenvalue weighted by Gasteiger charge is -2.46. The van der Waals surface area contributed by atoms with Crippen molar-refractivity contribution in [2.75, 3.05) is 0 Å². The molecule has 0 aromatic heterocycles. The highest BCUT2D eigenvalue weighted by Crippen LogP contribution is 2.34. The van der Waals surface area contributed by atoms with Gasteiger partial charge < -0.3 is 10.1 Å². The molecule has 0 atom stereocenters. The molecular weight excluding hydrogens is 174 g/mol. The van der Waals surface area contributed by atoms with Crippen LogP contribution in [-0.2, 0) is 4.79 Å². The number of piperidine rings is 1. The summed E-state index contributed by atoms with van der Waals surface area (Å²) in [5, 5.41) is 3.62. The van der Waals surface area contributed by atoms with Gasteiger partial charge in [-0.15, -0.1) is 0 Å². The number of rotatable bonds is 2. The van der Waals surface area contributed by atoms with Crippen LogP contribution in [0.4, 0.5) is 0 Å². The average molecular weight is 197 g/mol. The molecule has 1 N–H and O–H groups in total. The number of hydrogen-bond acceptors (Lipinski definition) is 2. The number of carbonyl (C=O) groups is 1. The van der Waals surface area contributed by atoms with Gasteiger partial charge in [0.25, 0.3) is 0 Å². The first-order chi connectivity index (χ1) is 6.20. The average Bonchev–Trinajstić information content (AvgIpc) is 1.74. The molecular formula is C12H23NO. The Kier molecular flexibility index (Phi) is 3.05. The molecule has 0 saturated carbocycles. The van der Waals surface area contributed by atoms with E-state index in [1.807, 2.05) is 0 Å². The summed E-state index contributed by atoms with van der Waals surface area (Å²) in [5.41, 5.74) is 0.337. The summed E-state index contributed by atoms with van der Waals surface area (Å²) in [7, 11) is 0. The summed E-state index contributed by atoms with van der Waals surface area (Å²) < 4.78 is 0. The van der Waals surface area contributed by atoms with Crippen molar-refractivity contribution < 1.29 is 4.79 Å². The fourth-order valence-electron chi connectivity index (χ4n) is 3.08. The van der Waals surface area contributed by atoms with Crippen LogP contribution < -0.4 is 5.32 Å². The molecule has 0 radical (unpaired) electrons. The Morgan fingerprint density at radius 2 is 1.64 bits per heavy atom. The van der Waals surface area contributed by atoms with Crippen LogP contribution in [0.3, 0.4) is 0 Å². The Morgan fingerprint density at radius 3 is 2.00 bits per heavy atom. The third kappa shape index (κ3) is 3.41. The quantitative estimate of drug-likeness (QED) is 0.737. The van der Waals surface area contributed by atoms with Crippen LogP contribution >= 0.6 is 0 Å². The predicted octanol–water partition coefficient (Wildman–Crippen LogP) is 2.52. The third-order valence-electron chi connectivity index (χ3n) is 2.85. The molecule has 0 aromatic carbocycles. The molecule has 0 aromatic rings. The van der Waals surface area contributed by atoms with Gasteiger partial charge in [0.1, 0.15) is 5.78 Å². The Labute approximate surface area is 87.5 Å². The van der Waals surface area contributed by atoms with Crippen LogP contribution in [0.2, 0.25) is 0 Å². The Bertz CT molecular complexity index is 214. The van der Waals surface area contributed by atoms with E-state index in [0.29, 0.717) is 11.7 Å². The second-order valence-corrected chi connectivity index (χ2v) is 6.07. The van der Waals surface area contributed by atoms with Crippen molar-refractivity contribution >= 4 is 5.78 Å². The minimum Gasteiger partial charge on any atom is -0.307 e. The minimum atomic E-state index is 0.169. The maximum atomic E-state index is 11.1. The summed E-state index contributed by atoms with van der Waals surface area (Å²) in [5.74, 6) is 0.877. The van der Waals surface area contributed by atoms with Crippen LogP contribution in [0.1, 0.15) is 53.9 Å². The van der Waals surface area contributed by atoms with Crippen molar-refractivity contribution in [1.29, 1.82) is 0 Å². The Balaban J connectivity index is 2.66. The first kappa shape index (κ1) is 11.7. The molecule has 0 aliphatic carbocycles. The van der Waals surface area contributed by atoms with Gasteiger partial charge in [-0.25, -0.2) is 0 Å². The van der Waals surface area contributed by atoms with E-state index in [-0.39, 0.29) is 11.1 Å². The zero-order valence-electron chi connectivity index (χ0n) is 10.1. The molecule has 0 unspecified atom stereocenters. The number of nitrogens with one attached hydrogen (secondary N) is 1. The fraction of sp³-hybridized carbons (Fsp3) is 0.917. The van der Waals surface area contributed by atoms with Crippen molar-refractivity contribution in [2.45, 2.75) is 65.0 Å². The highest BCUT2D eigenvalue weighted by Gasteiger charge is 2.37. The van der Waals surface area contributed by atoms with Crippen LogP contribution in [0.25, 0.3) is 0 Å². The molecule has 1 saturated heterocycles. The molecule has 1 aliphatic rings. The van der Waals surface area contributed by atoms with Gasteiger partial charge in [-0.2, -0.15) is 0 Å². The zero-order valence-corrected chi connectivity index (χ0v) is 10.1. The Hall–Kier alpha value is -0.370. The van der Waals surface area contributed by atoms with Crippen LogP contribution in [0.15, 0.2) is 0 Å². The van der Waals surface area contributed by atoms with E-state index in [1.165, 1.54) is 0 Å². The van der Waals surface area contributed by atoms with Gasteiger partial charge in [0.2, 0.25) is 0 Å². The predicted molar refractivity (Wildman–Crippen MR) is 59.3 cm³/mol. The van der Waals surface area contributed by atoms with Crippen molar-refractivity contribution in [3.63, 3.8) is 0 Å². The van der Waals surface area contributed by atoms with Gasteiger partial charge >= 0.3 is 0 Å². The maximum Gasteiger partial charge on any atom is 0.130 e. The molecule has 1 fully saturated rings. The van der Waals surface area contributed by atoms with Crippen LogP contribution in [0.5, 0.6) is 0 Å². The molecule has 0 spiro atoms. The molecule has 0 bridgehead atoms. The summed E-state index contributed by atoms with van der Waals surface area (Å²) in [6.07, 6.45) is 2.96. The Morgan fingerprint density at radius 1 is 1.21 bits per heavy atom. The third-order valence-corrected chi connectivity index (χ3v) is 2.85. The van der Waals surface area contributed by atoms with Gasteiger partial charge in [-0.05, 0) is 53.4 Å². The van der Waals surface area contributed by atoms with E-state index < -0.39 is 0 Å². The minimum absolute atomic E-state index is 0.169. The second kappa shape index (κ2) is 3.65. The number of Topliss-reactive ketones (excluding diaryl/α,β-unsaturated/α-hetero) is 1. The standard InChI is InChI=1S/C12H23NO/c1-9(14)6-10-7-11(2,3)13-12(4,5)8-10/h10,13H,6-8H2,1-5H3. The smallest absolute Gasteiger partial charge is 0.130 e. The van der Waals surface area contributed by atoms with Gasteiger partial charge in [-0.3, -0.25) is 0 Å². The molecule has 14 heavy (non-hydrogen) atoms. The molecule has 2 nitrogen and oxygen atoms in total. The van der Waals surface area contributed by atoms with E-state index in [1.54, 1.807) is 6.92 Å². The number of carbonyl (C=O) groups excluding carboxylic acids is 1. The lowest BCUT2D eigenvalue weighted by atomic mass is 9.74. The maximum absolute atomic E-state index is 11.1. The zero-order chi connectivity index (χ0) is 11.0. The van der Waals surface area contributed by atoms with Crippen molar-refractivity contribution in [3.05, 3.63) is 0 Å². The van der Waals surface area contributed by atoms with Crippen molar-refractivity contribution in [3.8, 4) is 0 Å². The molecule has 0 amide bonds. The van der Waals surface area contributed by atoms with E-state index in [9.17, 15) is 4.79 Å². The van der Waals surface area contributed by atoms with Crippen LogP contribution in [0, 0.1) is 5.92 Å². The summed E-state index contributed by atoms with van der Waals surface area (Å²) in [6, 6.07) is 0. The summed E-state index contributed by atoms with van der Waals surface area (Å²) in [6.45, 7) is 10.6. The van der Waals surface area contributed by atoms with Crippen LogP contribution in [-0.4, -0.2) is 16.9 Å². The van der Waals surface area contributed by atoms with E-state index >= 15 is 0 Å². The molecule has 2 heteroatoms. The second-order valence-electron chi connectivity index (χ2n) is 6.07. The van der Waals surface area contributed by atoms with E-state index in [0.717, 1.165) is 19.3 Å². The molecule has 1 heterocycles. The summed E-state index contributed by atoms with van der Waals surface area (Å²) >= 11 is 0. The van der Waals surface area contributed by atoms with E-state index in [2.05, 4.69) is 33.0 Å². The first-order valence-corrected chi connectivity index (χ1v) is 5.49. The van der Waals surface area contributed by atoms with Crippen molar-refractivity contribution in [2.24, 2.45) is 5.92 Å².